The van der Waals surface area contributed by atoms with Gasteiger partial charge in [0, 0.05) is 17.1 Å². The summed E-state index contributed by atoms with van der Waals surface area (Å²) in [6, 6.07) is 12.0. The molecule has 1 fully saturated rings. The summed E-state index contributed by atoms with van der Waals surface area (Å²) in [7, 11) is 0. The van der Waals surface area contributed by atoms with Gasteiger partial charge in [-0.05, 0) is 70.2 Å². The number of hydrogen-bond donors (Lipinski definition) is 1. The number of carbonyl (C=O) groups is 2. The van der Waals surface area contributed by atoms with Gasteiger partial charge in [-0.3, -0.25) is 4.79 Å². The lowest BCUT2D eigenvalue weighted by Crippen LogP contribution is -2.46. The minimum Gasteiger partial charge on any atom is -0.452 e. The maximum atomic E-state index is 12.5. The molecule has 6 nitrogen and oxygen atoms in total. The fourth-order valence-electron chi connectivity index (χ4n) is 3.89. The van der Waals surface area contributed by atoms with Crippen molar-refractivity contribution in [1.29, 1.82) is 5.26 Å². The number of ether oxygens (including phenoxy) is 1. The molecule has 1 aliphatic rings. The minimum absolute atomic E-state index is 0.392. The highest BCUT2D eigenvalue weighted by atomic mass is 16.5. The first-order valence-electron chi connectivity index (χ1n) is 9.50. The first-order valence-corrected chi connectivity index (χ1v) is 9.50. The quantitative estimate of drug-likeness (QED) is 0.806. The van der Waals surface area contributed by atoms with E-state index in [1.807, 2.05) is 49.6 Å². The van der Waals surface area contributed by atoms with Gasteiger partial charge < -0.3 is 14.6 Å². The molecule has 28 heavy (non-hydrogen) atoms. The molecule has 1 aromatic heterocycles. The van der Waals surface area contributed by atoms with Crippen LogP contribution in [0.15, 0.2) is 30.3 Å². The van der Waals surface area contributed by atoms with Crippen LogP contribution in [0.1, 0.15) is 53.0 Å². The molecule has 0 aliphatic heterocycles. The van der Waals surface area contributed by atoms with Gasteiger partial charge in [0.05, 0.1) is 11.6 Å². The zero-order chi connectivity index (χ0) is 20.3. The minimum atomic E-state index is -0.815. The molecule has 0 bridgehead atoms. The number of nitrogens with zero attached hydrogens (tertiary/aromatic N) is 2. The highest BCUT2D eigenvalue weighted by Gasteiger charge is 2.35. The van der Waals surface area contributed by atoms with Crippen molar-refractivity contribution in [3.05, 3.63) is 52.8 Å². The molecular weight excluding hydrogens is 354 g/mol. The van der Waals surface area contributed by atoms with E-state index in [1.54, 1.807) is 6.07 Å². The third kappa shape index (κ3) is 3.94. The fraction of sp³-hybridized carbons (Fsp3) is 0.409. The first kappa shape index (κ1) is 19.7. The van der Waals surface area contributed by atoms with Gasteiger partial charge >= 0.3 is 5.97 Å². The third-order valence-corrected chi connectivity index (χ3v) is 5.30. The average molecular weight is 379 g/mol. The Labute approximate surface area is 165 Å². The maximum absolute atomic E-state index is 12.5. The SMILES string of the molecule is Cc1cccc(-n2c(C)cc(C(=O)OCC(=O)NC3(C#N)CCCC3)c2C)c1. The Balaban J connectivity index is 1.69. The van der Waals surface area contributed by atoms with E-state index >= 15 is 0 Å². The van der Waals surface area contributed by atoms with E-state index in [1.165, 1.54) is 0 Å². The summed E-state index contributed by atoms with van der Waals surface area (Å²) in [6.45, 7) is 5.41. The number of nitriles is 1. The topological polar surface area (TPSA) is 84.1 Å². The lowest BCUT2D eigenvalue weighted by Gasteiger charge is -2.21. The van der Waals surface area contributed by atoms with E-state index in [0.717, 1.165) is 35.5 Å². The Morgan fingerprint density at radius 2 is 1.93 bits per heavy atom. The molecule has 0 atom stereocenters. The van der Waals surface area contributed by atoms with Crippen LogP contribution in [0.2, 0.25) is 0 Å². The van der Waals surface area contributed by atoms with E-state index in [9.17, 15) is 14.9 Å². The maximum Gasteiger partial charge on any atom is 0.340 e. The van der Waals surface area contributed by atoms with Crippen LogP contribution in [0.5, 0.6) is 0 Å². The Morgan fingerprint density at radius 1 is 1.21 bits per heavy atom. The Hall–Kier alpha value is -3.07. The largest absolute Gasteiger partial charge is 0.452 e. The monoisotopic (exact) mass is 379 g/mol. The number of aryl methyl sites for hydroxylation is 2. The van der Waals surface area contributed by atoms with Crippen LogP contribution in [0.25, 0.3) is 5.69 Å². The second kappa shape index (κ2) is 7.89. The molecule has 146 valence electrons. The summed E-state index contributed by atoms with van der Waals surface area (Å²) < 4.78 is 7.22. The van der Waals surface area contributed by atoms with Crippen LogP contribution >= 0.6 is 0 Å². The predicted molar refractivity (Wildman–Crippen MR) is 105 cm³/mol. The molecule has 1 amide bonds. The van der Waals surface area contributed by atoms with Crippen molar-refractivity contribution in [2.24, 2.45) is 0 Å². The van der Waals surface area contributed by atoms with Gasteiger partial charge in [-0.2, -0.15) is 5.26 Å². The van der Waals surface area contributed by atoms with Crippen molar-refractivity contribution in [3.8, 4) is 11.8 Å². The second-order valence-electron chi connectivity index (χ2n) is 7.48. The van der Waals surface area contributed by atoms with Gasteiger partial charge in [-0.25, -0.2) is 4.79 Å². The Bertz CT molecular complexity index is 946. The summed E-state index contributed by atoms with van der Waals surface area (Å²) in [5.41, 5.74) is 3.40. The van der Waals surface area contributed by atoms with Crippen molar-refractivity contribution in [1.82, 2.24) is 9.88 Å². The molecule has 0 unspecified atom stereocenters. The van der Waals surface area contributed by atoms with Crippen molar-refractivity contribution < 1.29 is 14.3 Å². The number of hydrogen-bond acceptors (Lipinski definition) is 4. The molecule has 2 aromatic rings. The average Bonchev–Trinajstić information content (AvgIpc) is 3.24. The summed E-state index contributed by atoms with van der Waals surface area (Å²) in [5.74, 6) is -0.983. The molecule has 3 rings (SSSR count). The molecule has 0 radical (unpaired) electrons. The van der Waals surface area contributed by atoms with Gasteiger partial charge in [0.25, 0.3) is 5.91 Å². The number of amides is 1. The van der Waals surface area contributed by atoms with Crippen LogP contribution in [0.3, 0.4) is 0 Å². The number of rotatable bonds is 5. The molecule has 1 aromatic carbocycles. The number of carbonyl (C=O) groups excluding carboxylic acids is 2. The highest BCUT2D eigenvalue weighted by Crippen LogP contribution is 2.28. The van der Waals surface area contributed by atoms with E-state index < -0.39 is 24.0 Å². The van der Waals surface area contributed by atoms with Crippen molar-refractivity contribution in [3.63, 3.8) is 0 Å². The van der Waals surface area contributed by atoms with Crippen molar-refractivity contribution in [2.45, 2.75) is 52.0 Å². The fourth-order valence-corrected chi connectivity index (χ4v) is 3.89. The van der Waals surface area contributed by atoms with Crippen LogP contribution in [-0.4, -0.2) is 28.6 Å². The van der Waals surface area contributed by atoms with Crippen molar-refractivity contribution >= 4 is 11.9 Å². The molecular formula is C22H25N3O3. The summed E-state index contributed by atoms with van der Waals surface area (Å²) >= 11 is 0. The summed E-state index contributed by atoms with van der Waals surface area (Å²) in [5, 5.41) is 12.1. The van der Waals surface area contributed by atoms with E-state index in [4.69, 9.17) is 4.74 Å². The number of nitrogens with one attached hydrogen (secondary N) is 1. The van der Waals surface area contributed by atoms with Crippen LogP contribution in [-0.2, 0) is 9.53 Å². The second-order valence-corrected chi connectivity index (χ2v) is 7.48. The molecule has 1 N–H and O–H groups in total. The normalized spacial score (nSPS) is 15.1. The lowest BCUT2D eigenvalue weighted by molar-refractivity contribution is -0.125. The van der Waals surface area contributed by atoms with Crippen LogP contribution < -0.4 is 5.32 Å². The van der Waals surface area contributed by atoms with Crippen LogP contribution in [0, 0.1) is 32.1 Å². The summed E-state index contributed by atoms with van der Waals surface area (Å²) in [4.78, 5) is 24.7. The van der Waals surface area contributed by atoms with Gasteiger partial charge in [0.1, 0.15) is 5.54 Å². The van der Waals surface area contributed by atoms with Gasteiger partial charge in [-0.1, -0.05) is 12.1 Å². The zero-order valence-corrected chi connectivity index (χ0v) is 16.5. The molecule has 1 heterocycles. The van der Waals surface area contributed by atoms with Gasteiger partial charge in [-0.15, -0.1) is 0 Å². The first-order chi connectivity index (χ1) is 13.3. The molecule has 0 saturated heterocycles. The predicted octanol–water partition coefficient (Wildman–Crippen LogP) is 3.51. The molecule has 1 aliphatic carbocycles. The molecule has 1 saturated carbocycles. The van der Waals surface area contributed by atoms with E-state index in [0.29, 0.717) is 18.4 Å². The third-order valence-electron chi connectivity index (χ3n) is 5.30. The molecule has 0 spiro atoms. The molecule has 6 heteroatoms. The number of aromatic nitrogens is 1. The van der Waals surface area contributed by atoms with Gasteiger partial charge in [0.2, 0.25) is 0 Å². The zero-order valence-electron chi connectivity index (χ0n) is 16.5. The standard InChI is InChI=1S/C22H25N3O3/c1-15-7-6-8-18(11-15)25-16(2)12-19(17(25)3)21(27)28-13-20(26)24-22(14-23)9-4-5-10-22/h6-8,11-12H,4-5,9-10,13H2,1-3H3,(H,24,26). The number of benzene rings is 1. The Morgan fingerprint density at radius 3 is 2.57 bits per heavy atom. The van der Waals surface area contributed by atoms with E-state index in [2.05, 4.69) is 11.4 Å². The highest BCUT2D eigenvalue weighted by molar-refractivity contribution is 5.93. The summed E-state index contributed by atoms with van der Waals surface area (Å²) in [6.07, 6.45) is 3.11. The lowest BCUT2D eigenvalue weighted by atomic mass is 10.00. The number of esters is 1. The van der Waals surface area contributed by atoms with Gasteiger partial charge in [0.15, 0.2) is 6.61 Å². The van der Waals surface area contributed by atoms with Crippen LogP contribution in [0.4, 0.5) is 0 Å². The van der Waals surface area contributed by atoms with E-state index in [-0.39, 0.29) is 0 Å². The smallest absolute Gasteiger partial charge is 0.340 e. The van der Waals surface area contributed by atoms with Crippen molar-refractivity contribution in [2.75, 3.05) is 6.61 Å². The Kier molecular flexibility index (Phi) is 5.55.